The molecule has 0 aliphatic carbocycles. The van der Waals surface area contributed by atoms with Gasteiger partial charge in [0.15, 0.2) is 6.29 Å². The molecule has 2 unspecified atom stereocenters. The van der Waals surface area contributed by atoms with Crippen LogP contribution in [-0.2, 0) is 26.6 Å². The van der Waals surface area contributed by atoms with Gasteiger partial charge < -0.3 is 24.6 Å². The maximum atomic E-state index is 13.7. The Kier molecular flexibility index (Phi) is 10.7. The summed E-state index contributed by atoms with van der Waals surface area (Å²) in [6, 6.07) is 5.29. The smallest absolute Gasteiger partial charge is 0.349 e. The minimum Gasteiger partial charge on any atom is -0.349 e. The lowest BCUT2D eigenvalue weighted by atomic mass is 10.0. The molecular weight excluding hydrogens is 588 g/mol. The van der Waals surface area contributed by atoms with Gasteiger partial charge in [0.25, 0.3) is 0 Å². The molecule has 226 valence electrons. The third-order valence-corrected chi connectivity index (χ3v) is 6.65. The summed E-state index contributed by atoms with van der Waals surface area (Å²) in [5.41, 5.74) is -3.00. The average Bonchev–Trinajstić information content (AvgIpc) is 2.88. The number of amides is 1. The number of nitrogens with zero attached hydrogens (tertiary/aromatic N) is 3. The van der Waals surface area contributed by atoms with Gasteiger partial charge >= 0.3 is 20.9 Å². The second-order valence-electron chi connectivity index (χ2n) is 8.89. The first-order valence-electron chi connectivity index (χ1n) is 11.8. The van der Waals surface area contributed by atoms with Gasteiger partial charge in [0.1, 0.15) is 11.7 Å². The van der Waals surface area contributed by atoms with E-state index < -0.39 is 61.8 Å². The number of nitrogens with one attached hydrogen (secondary N) is 1. The molecule has 0 radical (unpaired) electrons. The highest BCUT2D eigenvalue weighted by molar-refractivity contribution is 7.42. The van der Waals surface area contributed by atoms with Gasteiger partial charge in [-0.2, -0.15) is 31.4 Å². The van der Waals surface area contributed by atoms with Gasteiger partial charge in [-0.15, -0.1) is 0 Å². The molecule has 9 nitrogen and oxygen atoms in total. The van der Waals surface area contributed by atoms with Gasteiger partial charge in [-0.25, -0.2) is 9.17 Å². The number of alkyl halides is 6. The second kappa shape index (κ2) is 13.4. The molecule has 1 aliphatic heterocycles. The van der Waals surface area contributed by atoms with Crippen LogP contribution in [0, 0.1) is 5.82 Å². The van der Waals surface area contributed by atoms with Gasteiger partial charge in [-0.05, 0) is 48.4 Å². The number of benzene rings is 2. The number of carbonyl (C=O) groups excluding carboxylic acids is 1. The van der Waals surface area contributed by atoms with Crippen molar-refractivity contribution in [3.8, 4) is 0 Å². The Balaban J connectivity index is 1.98. The fourth-order valence-electron chi connectivity index (χ4n) is 4.08. The van der Waals surface area contributed by atoms with Crippen LogP contribution in [-0.4, -0.2) is 64.7 Å². The molecule has 0 spiro atoms. The highest BCUT2D eigenvalue weighted by Crippen LogP contribution is 2.39. The van der Waals surface area contributed by atoms with E-state index in [-0.39, 0.29) is 31.6 Å². The van der Waals surface area contributed by atoms with Crippen LogP contribution in [0.5, 0.6) is 0 Å². The minimum absolute atomic E-state index is 0.0115. The monoisotopic (exact) mass is 614 g/mol. The van der Waals surface area contributed by atoms with Gasteiger partial charge in [0, 0.05) is 13.6 Å². The number of hydrogen-bond donors (Lipinski definition) is 3. The molecule has 2 aromatic carbocycles. The number of rotatable bonds is 9. The quantitative estimate of drug-likeness (QED) is 0.0951. The summed E-state index contributed by atoms with van der Waals surface area (Å²) in [5.74, 6) is -0.608. The molecule has 0 aromatic heterocycles. The standard InChI is InChI=1S/C24H26F7N4O5P/c1-14(16-9-17(23(26,27)28)11-18(10-16)24(29,30)31)40-22-21(15-3-5-19(25)6-4-15)35(7-8-39-22)12-20(32-13-36)33-34(2)41(37)38/h3-6,9-11,13-14,21-22,37-38H,7-8,12H2,1-2H3,(H,32,33,36)/t14-,21?,22?/m1/s1. The van der Waals surface area contributed by atoms with Crippen molar-refractivity contribution in [2.24, 2.45) is 5.10 Å². The topological polar surface area (TPSA) is 107 Å². The zero-order valence-corrected chi connectivity index (χ0v) is 22.4. The van der Waals surface area contributed by atoms with Crippen molar-refractivity contribution in [1.29, 1.82) is 0 Å². The number of morpholine rings is 1. The zero-order chi connectivity index (χ0) is 30.5. The molecule has 3 atom stereocenters. The molecule has 1 amide bonds. The molecule has 1 fully saturated rings. The first-order chi connectivity index (χ1) is 19.1. The Hall–Kier alpha value is -2.88. The van der Waals surface area contributed by atoms with Crippen LogP contribution in [0.4, 0.5) is 30.7 Å². The lowest BCUT2D eigenvalue weighted by Crippen LogP contribution is -2.50. The fourth-order valence-corrected chi connectivity index (χ4v) is 4.27. The van der Waals surface area contributed by atoms with Crippen LogP contribution >= 0.6 is 8.53 Å². The van der Waals surface area contributed by atoms with Gasteiger partial charge in [0.2, 0.25) is 6.41 Å². The molecular formula is C24H26F7N4O5P. The summed E-state index contributed by atoms with van der Waals surface area (Å²) < 4.78 is 107. The molecule has 1 saturated heterocycles. The average molecular weight is 614 g/mol. The van der Waals surface area contributed by atoms with Crippen molar-refractivity contribution in [1.82, 2.24) is 15.0 Å². The minimum atomic E-state index is -5.05. The number of amidine groups is 1. The lowest BCUT2D eigenvalue weighted by molar-refractivity contribution is -0.227. The van der Waals surface area contributed by atoms with Crippen molar-refractivity contribution in [3.05, 3.63) is 70.5 Å². The van der Waals surface area contributed by atoms with Crippen molar-refractivity contribution in [2.75, 3.05) is 26.7 Å². The molecule has 1 heterocycles. The highest BCUT2D eigenvalue weighted by Gasteiger charge is 2.39. The second-order valence-corrected chi connectivity index (χ2v) is 10.0. The first kappa shape index (κ1) is 32.6. The molecule has 17 heteroatoms. The van der Waals surface area contributed by atoms with Crippen LogP contribution < -0.4 is 5.32 Å². The van der Waals surface area contributed by atoms with Crippen LogP contribution in [0.1, 0.15) is 41.3 Å². The molecule has 1 aliphatic rings. The SMILES string of the molecule is C[C@@H](OC1OCCN(C/C(=N/N(C)P(O)O)NC=O)C1c1ccc(F)cc1)c1cc(C(F)(F)F)cc(C(F)(F)F)c1. The Labute approximate surface area is 231 Å². The number of hydrogen-bond acceptors (Lipinski definition) is 8. The van der Waals surface area contributed by atoms with Crippen LogP contribution in [0.25, 0.3) is 0 Å². The van der Waals surface area contributed by atoms with E-state index in [2.05, 4.69) is 10.4 Å². The van der Waals surface area contributed by atoms with E-state index in [1.165, 1.54) is 26.1 Å². The Morgan fingerprint density at radius 3 is 2.27 bits per heavy atom. The number of carbonyl (C=O) groups is 1. The highest BCUT2D eigenvalue weighted by atomic mass is 31.2. The lowest BCUT2D eigenvalue weighted by Gasteiger charge is -2.42. The van der Waals surface area contributed by atoms with Crippen molar-refractivity contribution in [2.45, 2.75) is 37.7 Å². The Bertz CT molecular complexity index is 1180. The molecule has 2 aromatic rings. The third kappa shape index (κ3) is 8.80. The predicted molar refractivity (Wildman–Crippen MR) is 132 cm³/mol. The van der Waals surface area contributed by atoms with Crippen molar-refractivity contribution >= 4 is 20.8 Å². The molecule has 3 N–H and O–H groups in total. The zero-order valence-electron chi connectivity index (χ0n) is 21.5. The fraction of sp³-hybridized carbons (Fsp3) is 0.417. The van der Waals surface area contributed by atoms with Crippen molar-refractivity contribution < 1.29 is 54.8 Å². The molecule has 0 bridgehead atoms. The Morgan fingerprint density at radius 2 is 1.76 bits per heavy atom. The van der Waals surface area contributed by atoms with Gasteiger partial charge in [0.05, 0.1) is 36.4 Å². The number of hydrazone groups is 1. The normalized spacial score (nSPS) is 19.8. The largest absolute Gasteiger partial charge is 0.416 e. The molecule has 0 saturated carbocycles. The first-order valence-corrected chi connectivity index (χ1v) is 13.0. The molecule has 41 heavy (non-hydrogen) atoms. The van der Waals surface area contributed by atoms with E-state index in [9.17, 15) is 45.3 Å². The van der Waals surface area contributed by atoms with Crippen LogP contribution in [0.15, 0.2) is 47.6 Å². The maximum absolute atomic E-state index is 13.7. The predicted octanol–water partition coefficient (Wildman–Crippen LogP) is 4.54. The Morgan fingerprint density at radius 1 is 1.17 bits per heavy atom. The number of halogens is 7. The summed E-state index contributed by atoms with van der Waals surface area (Å²) in [6.45, 7) is 1.28. The summed E-state index contributed by atoms with van der Waals surface area (Å²) in [5, 5.41) is 6.28. The molecule has 3 rings (SSSR count). The van der Waals surface area contributed by atoms with E-state index in [0.29, 0.717) is 24.1 Å². The summed E-state index contributed by atoms with van der Waals surface area (Å²) in [7, 11) is -1.39. The van der Waals surface area contributed by atoms with Crippen molar-refractivity contribution in [3.63, 3.8) is 0 Å². The summed E-state index contributed by atoms with van der Waals surface area (Å²) >= 11 is 0. The third-order valence-electron chi connectivity index (χ3n) is 6.04. The maximum Gasteiger partial charge on any atom is 0.416 e. The summed E-state index contributed by atoms with van der Waals surface area (Å²) in [6.07, 6.45) is -12.4. The summed E-state index contributed by atoms with van der Waals surface area (Å²) in [4.78, 5) is 31.6. The van der Waals surface area contributed by atoms with Gasteiger partial charge in [-0.1, -0.05) is 12.1 Å². The van der Waals surface area contributed by atoms with Crippen LogP contribution in [0.2, 0.25) is 0 Å². The van der Waals surface area contributed by atoms with E-state index >= 15 is 0 Å². The van der Waals surface area contributed by atoms with E-state index in [1.807, 2.05) is 0 Å². The van der Waals surface area contributed by atoms with E-state index in [4.69, 9.17) is 9.47 Å². The number of ether oxygens (including phenoxy) is 2. The van der Waals surface area contributed by atoms with Crippen LogP contribution in [0.3, 0.4) is 0 Å². The van der Waals surface area contributed by atoms with Gasteiger partial charge in [-0.3, -0.25) is 9.69 Å². The van der Waals surface area contributed by atoms with E-state index in [0.717, 1.165) is 16.9 Å². The van der Waals surface area contributed by atoms with E-state index in [1.54, 1.807) is 4.90 Å².